The Bertz CT molecular complexity index is 626. The lowest BCUT2D eigenvalue weighted by Gasteiger charge is -2.10. The van der Waals surface area contributed by atoms with Crippen LogP contribution in [0.2, 0.25) is 0 Å². The van der Waals surface area contributed by atoms with Gasteiger partial charge in [0.15, 0.2) is 0 Å². The first-order valence-electron chi connectivity index (χ1n) is 5.93. The number of hydrogen-bond donors (Lipinski definition) is 1. The Balaban J connectivity index is 3.01. The first kappa shape index (κ1) is 11.7. The van der Waals surface area contributed by atoms with E-state index in [1.54, 1.807) is 0 Å². The van der Waals surface area contributed by atoms with Gasteiger partial charge in [-0.25, -0.2) is 4.79 Å². The molecule has 17 heavy (non-hydrogen) atoms. The van der Waals surface area contributed by atoms with Crippen molar-refractivity contribution in [2.24, 2.45) is 0 Å². The van der Waals surface area contributed by atoms with E-state index in [4.69, 9.17) is 10.2 Å². The molecule has 1 heterocycles. The second-order valence-electron chi connectivity index (χ2n) is 4.28. The smallest absolute Gasteiger partial charge is 0.345 e. The molecule has 3 nitrogen and oxygen atoms in total. The van der Waals surface area contributed by atoms with E-state index in [1.807, 2.05) is 26.0 Å². The largest absolute Gasteiger partial charge is 0.427 e. The topological polar surface area (TPSA) is 56.2 Å². The molecule has 0 aliphatic carbocycles. The number of nitrogen functional groups attached to an aromatic ring is 1. The van der Waals surface area contributed by atoms with Crippen molar-refractivity contribution in [1.82, 2.24) is 0 Å². The minimum atomic E-state index is -0.327. The van der Waals surface area contributed by atoms with Gasteiger partial charge in [0.25, 0.3) is 0 Å². The fourth-order valence-corrected chi connectivity index (χ4v) is 2.33. The van der Waals surface area contributed by atoms with Gasteiger partial charge in [-0.15, -0.1) is 0 Å². The lowest BCUT2D eigenvalue weighted by Crippen LogP contribution is -2.08. The highest BCUT2D eigenvalue weighted by molar-refractivity contribution is 5.94. The maximum absolute atomic E-state index is 11.9. The third-order valence-corrected chi connectivity index (χ3v) is 3.07. The molecule has 2 N–H and O–H groups in total. The van der Waals surface area contributed by atoms with E-state index in [1.165, 1.54) is 0 Å². The van der Waals surface area contributed by atoms with Crippen molar-refractivity contribution in [3.05, 3.63) is 39.4 Å². The fraction of sp³-hybridized carbons (Fsp3) is 0.357. The number of benzene rings is 1. The summed E-state index contributed by atoms with van der Waals surface area (Å²) >= 11 is 0. The van der Waals surface area contributed by atoms with Crippen molar-refractivity contribution in [1.29, 1.82) is 0 Å². The fourth-order valence-electron chi connectivity index (χ4n) is 2.33. The van der Waals surface area contributed by atoms with Gasteiger partial charge in [0, 0.05) is 12.1 Å². The predicted octanol–water partition coefficient (Wildman–Crippen LogP) is 2.81. The zero-order valence-corrected chi connectivity index (χ0v) is 10.5. The molecule has 2 aromatic rings. The number of fused-ring (bicyclic) bond motifs is 1. The monoisotopic (exact) mass is 231 g/mol. The molecule has 0 aliphatic heterocycles. The van der Waals surface area contributed by atoms with E-state index in [-0.39, 0.29) is 5.63 Å². The molecule has 0 radical (unpaired) electrons. The van der Waals surface area contributed by atoms with Crippen LogP contribution in [0.5, 0.6) is 0 Å². The minimum Gasteiger partial charge on any atom is -0.427 e. The molecule has 1 aromatic heterocycles. The van der Waals surface area contributed by atoms with E-state index in [2.05, 4.69) is 6.92 Å². The molecule has 0 fully saturated rings. The molecule has 0 saturated carbocycles. The molecule has 3 heteroatoms. The molecular formula is C14H17NO2. The Kier molecular flexibility index (Phi) is 2.92. The van der Waals surface area contributed by atoms with Crippen LogP contribution in [0.15, 0.2) is 21.3 Å². The highest BCUT2D eigenvalue weighted by atomic mass is 16.4. The number of anilines is 1. The Morgan fingerprint density at radius 2 is 1.94 bits per heavy atom. The second kappa shape index (κ2) is 4.24. The van der Waals surface area contributed by atoms with Gasteiger partial charge >= 0.3 is 5.63 Å². The van der Waals surface area contributed by atoms with Crippen LogP contribution in [-0.2, 0) is 12.8 Å². The van der Waals surface area contributed by atoms with Crippen LogP contribution >= 0.6 is 0 Å². The summed E-state index contributed by atoms with van der Waals surface area (Å²) in [5.74, 6) is 0.773. The maximum Gasteiger partial charge on any atom is 0.345 e. The van der Waals surface area contributed by atoms with Crippen molar-refractivity contribution in [3.63, 3.8) is 0 Å². The average Bonchev–Trinajstić information content (AvgIpc) is 2.27. The second-order valence-corrected chi connectivity index (χ2v) is 4.28. The Hall–Kier alpha value is -1.77. The van der Waals surface area contributed by atoms with Gasteiger partial charge in [0.2, 0.25) is 0 Å². The Morgan fingerprint density at radius 3 is 2.53 bits per heavy atom. The van der Waals surface area contributed by atoms with Crippen LogP contribution in [0.1, 0.15) is 30.7 Å². The molecule has 0 saturated heterocycles. The lowest BCUT2D eigenvalue weighted by molar-refractivity contribution is 0.466. The van der Waals surface area contributed by atoms with Gasteiger partial charge in [-0.05, 0) is 35.9 Å². The summed E-state index contributed by atoms with van der Waals surface area (Å²) in [7, 11) is 0. The molecule has 2 rings (SSSR count). The normalized spacial score (nSPS) is 11.0. The van der Waals surface area contributed by atoms with Gasteiger partial charge < -0.3 is 10.2 Å². The van der Waals surface area contributed by atoms with Crippen molar-refractivity contribution < 1.29 is 4.42 Å². The standard InChI is InChI=1S/C14H17NO2/c1-4-9-10-6-8(3)7-11(15)13(10)14(16)17-12(9)5-2/h6-7H,4-5,15H2,1-3H3. The van der Waals surface area contributed by atoms with Crippen LogP contribution in [0, 0.1) is 6.92 Å². The average molecular weight is 231 g/mol. The molecule has 0 spiro atoms. The van der Waals surface area contributed by atoms with Gasteiger partial charge in [-0.2, -0.15) is 0 Å². The van der Waals surface area contributed by atoms with Gasteiger partial charge in [0.05, 0.1) is 5.39 Å². The first-order chi connectivity index (χ1) is 8.08. The van der Waals surface area contributed by atoms with E-state index in [0.717, 1.165) is 35.1 Å². The highest BCUT2D eigenvalue weighted by Crippen LogP contribution is 2.26. The minimum absolute atomic E-state index is 0.327. The summed E-state index contributed by atoms with van der Waals surface area (Å²) in [6.45, 7) is 6.03. The van der Waals surface area contributed by atoms with Crippen molar-refractivity contribution in [3.8, 4) is 0 Å². The molecule has 0 bridgehead atoms. The lowest BCUT2D eigenvalue weighted by atomic mass is 9.99. The van der Waals surface area contributed by atoms with Crippen LogP contribution in [-0.4, -0.2) is 0 Å². The van der Waals surface area contributed by atoms with E-state index in [9.17, 15) is 4.79 Å². The summed E-state index contributed by atoms with van der Waals surface area (Å²) < 4.78 is 5.35. The summed E-state index contributed by atoms with van der Waals surface area (Å²) in [6.07, 6.45) is 1.56. The third kappa shape index (κ3) is 1.82. The van der Waals surface area contributed by atoms with Crippen LogP contribution < -0.4 is 11.4 Å². The van der Waals surface area contributed by atoms with E-state index in [0.29, 0.717) is 11.1 Å². The van der Waals surface area contributed by atoms with Crippen LogP contribution in [0.3, 0.4) is 0 Å². The third-order valence-electron chi connectivity index (χ3n) is 3.07. The Morgan fingerprint density at radius 1 is 1.24 bits per heavy atom. The van der Waals surface area contributed by atoms with Gasteiger partial charge in [-0.3, -0.25) is 0 Å². The molecule has 0 amide bonds. The number of aryl methyl sites for hydroxylation is 3. The summed E-state index contributed by atoms with van der Waals surface area (Å²) in [5.41, 5.74) is 8.25. The van der Waals surface area contributed by atoms with E-state index < -0.39 is 0 Å². The van der Waals surface area contributed by atoms with Crippen molar-refractivity contribution >= 4 is 16.5 Å². The zero-order valence-electron chi connectivity index (χ0n) is 10.5. The quantitative estimate of drug-likeness (QED) is 0.808. The molecule has 0 atom stereocenters. The number of rotatable bonds is 2. The van der Waals surface area contributed by atoms with E-state index >= 15 is 0 Å². The molecular weight excluding hydrogens is 214 g/mol. The van der Waals surface area contributed by atoms with Crippen LogP contribution in [0.25, 0.3) is 10.8 Å². The number of hydrogen-bond acceptors (Lipinski definition) is 3. The molecule has 0 unspecified atom stereocenters. The Labute approximate surface area is 100 Å². The summed E-state index contributed by atoms with van der Waals surface area (Å²) in [6, 6.07) is 3.82. The first-order valence-corrected chi connectivity index (χ1v) is 5.93. The highest BCUT2D eigenvalue weighted by Gasteiger charge is 2.13. The summed E-state index contributed by atoms with van der Waals surface area (Å²) in [4.78, 5) is 11.9. The van der Waals surface area contributed by atoms with Crippen LogP contribution in [0.4, 0.5) is 5.69 Å². The SMILES string of the molecule is CCc1oc(=O)c2c(N)cc(C)cc2c1CC. The zero-order chi connectivity index (χ0) is 12.6. The van der Waals surface area contributed by atoms with Crippen molar-refractivity contribution in [2.75, 3.05) is 5.73 Å². The van der Waals surface area contributed by atoms with Gasteiger partial charge in [0.1, 0.15) is 5.76 Å². The van der Waals surface area contributed by atoms with Crippen molar-refractivity contribution in [2.45, 2.75) is 33.6 Å². The number of nitrogens with two attached hydrogens (primary N) is 1. The van der Waals surface area contributed by atoms with Gasteiger partial charge in [-0.1, -0.05) is 19.9 Å². The molecule has 90 valence electrons. The molecule has 1 aromatic carbocycles. The summed E-state index contributed by atoms with van der Waals surface area (Å²) in [5, 5.41) is 1.46. The maximum atomic E-state index is 11.9. The molecule has 0 aliphatic rings. The predicted molar refractivity (Wildman–Crippen MR) is 70.4 cm³/mol.